The highest BCUT2D eigenvalue weighted by Gasteiger charge is 2.32. The summed E-state index contributed by atoms with van der Waals surface area (Å²) in [7, 11) is 0. The van der Waals surface area contributed by atoms with Gasteiger partial charge in [0, 0.05) is 13.1 Å². The van der Waals surface area contributed by atoms with E-state index in [0.29, 0.717) is 11.6 Å². The highest BCUT2D eigenvalue weighted by molar-refractivity contribution is 5.92. The van der Waals surface area contributed by atoms with Crippen LogP contribution in [0.25, 0.3) is 0 Å². The van der Waals surface area contributed by atoms with Gasteiger partial charge in [-0.3, -0.25) is 4.79 Å². The molecule has 1 saturated carbocycles. The molecule has 0 radical (unpaired) electrons. The third kappa shape index (κ3) is 3.45. The van der Waals surface area contributed by atoms with E-state index in [1.165, 1.54) is 6.42 Å². The molecule has 98 valence electrons. The lowest BCUT2D eigenvalue weighted by molar-refractivity contribution is 0.0946. The molecule has 1 amide bonds. The normalized spacial score (nSPS) is 21.4. The summed E-state index contributed by atoms with van der Waals surface area (Å²) in [6.45, 7) is 6.02. The van der Waals surface area contributed by atoms with E-state index >= 15 is 0 Å². The van der Waals surface area contributed by atoms with Gasteiger partial charge in [-0.2, -0.15) is 0 Å². The number of rotatable bonds is 6. The van der Waals surface area contributed by atoms with Gasteiger partial charge in [0.15, 0.2) is 0 Å². The van der Waals surface area contributed by atoms with Crippen molar-refractivity contribution in [3.8, 4) is 0 Å². The van der Waals surface area contributed by atoms with Gasteiger partial charge in [0.2, 0.25) is 0 Å². The molecule has 18 heavy (non-hydrogen) atoms. The summed E-state index contributed by atoms with van der Waals surface area (Å²) in [4.78, 5) is 16.0. The van der Waals surface area contributed by atoms with E-state index < -0.39 is 0 Å². The molecular weight excluding hydrogens is 226 g/mol. The summed E-state index contributed by atoms with van der Waals surface area (Å²) in [5.41, 5.74) is 1.45. The molecule has 4 heteroatoms. The average Bonchev–Trinajstić information content (AvgIpc) is 3.10. The summed E-state index contributed by atoms with van der Waals surface area (Å²) >= 11 is 0. The van der Waals surface area contributed by atoms with Crippen molar-refractivity contribution in [1.29, 1.82) is 0 Å². The minimum Gasteiger partial charge on any atom is -0.384 e. The van der Waals surface area contributed by atoms with E-state index in [9.17, 15) is 4.79 Å². The summed E-state index contributed by atoms with van der Waals surface area (Å²) in [6, 6.07) is 3.67. The lowest BCUT2D eigenvalue weighted by atomic mass is 10.3. The molecule has 0 aliphatic heterocycles. The fourth-order valence-electron chi connectivity index (χ4n) is 1.90. The van der Waals surface area contributed by atoms with Crippen LogP contribution in [0.4, 0.5) is 5.69 Å². The fraction of sp³-hybridized carbons (Fsp3) is 0.571. The Morgan fingerprint density at radius 1 is 1.50 bits per heavy atom. The molecule has 2 rings (SSSR count). The Bertz CT molecular complexity index is 402. The number of pyridine rings is 1. The highest BCUT2D eigenvalue weighted by Crippen LogP contribution is 2.36. The first-order chi connectivity index (χ1) is 8.70. The molecule has 0 spiro atoms. The zero-order valence-corrected chi connectivity index (χ0v) is 11.1. The van der Waals surface area contributed by atoms with Gasteiger partial charge in [-0.05, 0) is 36.8 Å². The topological polar surface area (TPSA) is 54.0 Å². The molecule has 1 aliphatic carbocycles. The lowest BCUT2D eigenvalue weighted by Crippen LogP contribution is -2.26. The van der Waals surface area contributed by atoms with Crippen molar-refractivity contribution in [1.82, 2.24) is 10.3 Å². The zero-order valence-electron chi connectivity index (χ0n) is 11.1. The van der Waals surface area contributed by atoms with Gasteiger partial charge in [-0.1, -0.05) is 13.8 Å². The smallest absolute Gasteiger partial charge is 0.269 e. The van der Waals surface area contributed by atoms with Gasteiger partial charge in [0.25, 0.3) is 5.91 Å². The monoisotopic (exact) mass is 247 g/mol. The van der Waals surface area contributed by atoms with Crippen LogP contribution >= 0.6 is 0 Å². The molecule has 1 aromatic rings. The Morgan fingerprint density at radius 3 is 2.83 bits per heavy atom. The first-order valence-electron chi connectivity index (χ1n) is 6.68. The van der Waals surface area contributed by atoms with Crippen LogP contribution in [0.1, 0.15) is 37.2 Å². The van der Waals surface area contributed by atoms with Crippen LogP contribution in [0.5, 0.6) is 0 Å². The Hall–Kier alpha value is -1.58. The predicted molar refractivity (Wildman–Crippen MR) is 72.6 cm³/mol. The standard InChI is InChI=1S/C14H21N3O/c1-3-6-15-12-4-5-13(16-9-12)14(18)17-8-11-7-10(11)2/h4-5,9-11,15H,3,6-8H2,1-2H3,(H,17,18). The second-order valence-corrected chi connectivity index (χ2v) is 5.04. The van der Waals surface area contributed by atoms with Crippen LogP contribution in [0.2, 0.25) is 0 Å². The van der Waals surface area contributed by atoms with Crippen molar-refractivity contribution < 1.29 is 4.79 Å². The van der Waals surface area contributed by atoms with Crippen molar-refractivity contribution >= 4 is 11.6 Å². The molecular formula is C14H21N3O. The van der Waals surface area contributed by atoms with Gasteiger partial charge in [-0.25, -0.2) is 4.98 Å². The van der Waals surface area contributed by atoms with Crippen molar-refractivity contribution in [2.75, 3.05) is 18.4 Å². The van der Waals surface area contributed by atoms with E-state index in [1.807, 2.05) is 6.07 Å². The summed E-state index contributed by atoms with van der Waals surface area (Å²) in [5, 5.41) is 6.16. The maximum absolute atomic E-state index is 11.8. The quantitative estimate of drug-likeness (QED) is 0.811. The first kappa shape index (κ1) is 12.9. The van der Waals surface area contributed by atoms with E-state index in [0.717, 1.165) is 31.1 Å². The summed E-state index contributed by atoms with van der Waals surface area (Å²) in [6.07, 6.45) is 4.01. The van der Waals surface area contributed by atoms with Crippen LogP contribution in [0, 0.1) is 11.8 Å². The van der Waals surface area contributed by atoms with Crippen LogP contribution in [-0.2, 0) is 0 Å². The number of aromatic nitrogens is 1. The fourth-order valence-corrected chi connectivity index (χ4v) is 1.90. The molecule has 0 saturated heterocycles. The van der Waals surface area contributed by atoms with Crippen molar-refractivity contribution in [2.45, 2.75) is 26.7 Å². The average molecular weight is 247 g/mol. The number of carbonyl (C=O) groups is 1. The van der Waals surface area contributed by atoms with Crippen LogP contribution < -0.4 is 10.6 Å². The third-order valence-corrected chi connectivity index (χ3v) is 3.38. The molecule has 0 bridgehead atoms. The van der Waals surface area contributed by atoms with Gasteiger partial charge >= 0.3 is 0 Å². The number of amides is 1. The second-order valence-electron chi connectivity index (χ2n) is 5.04. The molecule has 2 N–H and O–H groups in total. The van der Waals surface area contributed by atoms with Crippen LogP contribution in [-0.4, -0.2) is 24.0 Å². The van der Waals surface area contributed by atoms with Crippen LogP contribution in [0.3, 0.4) is 0 Å². The van der Waals surface area contributed by atoms with Crippen molar-refractivity contribution in [3.05, 3.63) is 24.0 Å². The van der Waals surface area contributed by atoms with Gasteiger partial charge in [0.1, 0.15) is 5.69 Å². The van der Waals surface area contributed by atoms with Gasteiger partial charge < -0.3 is 10.6 Å². The van der Waals surface area contributed by atoms with Gasteiger partial charge in [0.05, 0.1) is 11.9 Å². The maximum Gasteiger partial charge on any atom is 0.269 e. The first-order valence-corrected chi connectivity index (χ1v) is 6.68. The van der Waals surface area contributed by atoms with Gasteiger partial charge in [-0.15, -0.1) is 0 Å². The molecule has 1 fully saturated rings. The van der Waals surface area contributed by atoms with E-state index in [4.69, 9.17) is 0 Å². The molecule has 1 aromatic heterocycles. The molecule has 2 atom stereocenters. The minimum atomic E-state index is -0.0730. The minimum absolute atomic E-state index is 0.0730. The van der Waals surface area contributed by atoms with E-state index in [2.05, 4.69) is 29.5 Å². The highest BCUT2D eigenvalue weighted by atomic mass is 16.1. The maximum atomic E-state index is 11.8. The summed E-state index contributed by atoms with van der Waals surface area (Å²) < 4.78 is 0. The number of nitrogens with one attached hydrogen (secondary N) is 2. The number of carbonyl (C=O) groups excluding carboxylic acids is 1. The van der Waals surface area contributed by atoms with Crippen LogP contribution in [0.15, 0.2) is 18.3 Å². The molecule has 0 aromatic carbocycles. The molecule has 1 heterocycles. The van der Waals surface area contributed by atoms with Crippen molar-refractivity contribution in [2.24, 2.45) is 11.8 Å². The van der Waals surface area contributed by atoms with E-state index in [-0.39, 0.29) is 5.91 Å². The number of anilines is 1. The Kier molecular flexibility index (Phi) is 4.18. The molecule has 2 unspecified atom stereocenters. The Morgan fingerprint density at radius 2 is 2.28 bits per heavy atom. The second kappa shape index (κ2) is 5.85. The molecule has 1 aliphatic rings. The summed E-state index contributed by atoms with van der Waals surface area (Å²) in [5.74, 6) is 1.36. The number of hydrogen-bond acceptors (Lipinski definition) is 3. The molecule has 4 nitrogen and oxygen atoms in total. The zero-order chi connectivity index (χ0) is 13.0. The van der Waals surface area contributed by atoms with E-state index in [1.54, 1.807) is 12.3 Å². The predicted octanol–water partition coefficient (Wildman–Crippen LogP) is 2.29. The Labute approximate surface area is 108 Å². The lowest BCUT2D eigenvalue weighted by Gasteiger charge is -2.06. The SMILES string of the molecule is CCCNc1ccc(C(=O)NCC2CC2C)nc1. The largest absolute Gasteiger partial charge is 0.384 e. The third-order valence-electron chi connectivity index (χ3n) is 3.38. The number of hydrogen-bond donors (Lipinski definition) is 2. The Balaban J connectivity index is 1.82. The number of nitrogens with zero attached hydrogens (tertiary/aromatic N) is 1. The van der Waals surface area contributed by atoms with Crippen molar-refractivity contribution in [3.63, 3.8) is 0 Å².